The van der Waals surface area contributed by atoms with Gasteiger partial charge in [-0.2, -0.15) is 0 Å². The molecular formula is C14H18O2. The lowest BCUT2D eigenvalue weighted by Crippen LogP contribution is -1.96. The topological polar surface area (TPSA) is 18.5 Å². The highest BCUT2D eigenvalue weighted by atomic mass is 16.7. The van der Waals surface area contributed by atoms with E-state index in [0.717, 1.165) is 6.42 Å². The van der Waals surface area contributed by atoms with Crippen molar-refractivity contribution in [3.8, 4) is 0 Å². The first-order chi connectivity index (χ1) is 7.93. The number of allylic oxidation sites excluding steroid dienone is 2. The summed E-state index contributed by atoms with van der Waals surface area (Å²) in [4.78, 5) is 0. The van der Waals surface area contributed by atoms with Crippen molar-refractivity contribution in [2.45, 2.75) is 6.42 Å². The Morgan fingerprint density at radius 3 is 2.69 bits per heavy atom. The molecule has 2 nitrogen and oxygen atoms in total. The van der Waals surface area contributed by atoms with Gasteiger partial charge in [-0.25, -0.2) is 0 Å². The fourth-order valence-corrected chi connectivity index (χ4v) is 1.20. The van der Waals surface area contributed by atoms with Crippen LogP contribution in [0, 0.1) is 0 Å². The maximum Gasteiger partial charge on any atom is 0.146 e. The molecular weight excluding hydrogens is 200 g/mol. The second-order valence-corrected chi connectivity index (χ2v) is 3.30. The summed E-state index contributed by atoms with van der Waals surface area (Å²) in [5.74, 6) is 0. The van der Waals surface area contributed by atoms with E-state index in [0.29, 0.717) is 13.4 Å². The molecule has 86 valence electrons. The smallest absolute Gasteiger partial charge is 0.146 e. The van der Waals surface area contributed by atoms with Gasteiger partial charge >= 0.3 is 0 Å². The highest BCUT2D eigenvalue weighted by Crippen LogP contribution is 2.00. The molecule has 2 heteroatoms. The Hall–Kier alpha value is -1.38. The molecule has 1 aromatic rings. The van der Waals surface area contributed by atoms with Crippen LogP contribution >= 0.6 is 0 Å². The molecule has 0 amide bonds. The van der Waals surface area contributed by atoms with E-state index in [2.05, 4.69) is 24.3 Å². The molecule has 0 N–H and O–H groups in total. The van der Waals surface area contributed by atoms with Crippen molar-refractivity contribution < 1.29 is 9.47 Å². The molecule has 0 unspecified atom stereocenters. The van der Waals surface area contributed by atoms with Crippen molar-refractivity contribution in [3.63, 3.8) is 0 Å². The molecule has 0 atom stereocenters. The first-order valence-electron chi connectivity index (χ1n) is 5.38. The first kappa shape index (κ1) is 12.7. The van der Waals surface area contributed by atoms with E-state index in [4.69, 9.17) is 9.47 Å². The van der Waals surface area contributed by atoms with Crippen molar-refractivity contribution in [3.05, 3.63) is 54.1 Å². The zero-order valence-electron chi connectivity index (χ0n) is 9.63. The number of rotatable bonds is 7. The van der Waals surface area contributed by atoms with E-state index >= 15 is 0 Å². The molecule has 0 bridgehead atoms. The van der Waals surface area contributed by atoms with Gasteiger partial charge < -0.3 is 9.47 Å². The molecule has 16 heavy (non-hydrogen) atoms. The monoisotopic (exact) mass is 218 g/mol. The molecule has 0 radical (unpaired) electrons. The van der Waals surface area contributed by atoms with Crippen LogP contribution in [-0.2, 0) is 9.47 Å². The van der Waals surface area contributed by atoms with Crippen molar-refractivity contribution in [2.24, 2.45) is 0 Å². The van der Waals surface area contributed by atoms with Crippen molar-refractivity contribution >= 4 is 6.08 Å². The third-order valence-electron chi connectivity index (χ3n) is 1.97. The lowest BCUT2D eigenvalue weighted by Gasteiger charge is -1.97. The second-order valence-electron chi connectivity index (χ2n) is 3.30. The zero-order valence-corrected chi connectivity index (χ0v) is 9.63. The van der Waals surface area contributed by atoms with Crippen molar-refractivity contribution in [1.82, 2.24) is 0 Å². The summed E-state index contributed by atoms with van der Waals surface area (Å²) in [6.07, 6.45) is 9.12. The van der Waals surface area contributed by atoms with Crippen molar-refractivity contribution in [2.75, 3.05) is 20.5 Å². The molecule has 0 aliphatic heterocycles. The standard InChI is InChI=1S/C14H18O2/c1-15-13-16-12-8-3-2-5-9-14-10-6-4-7-11-14/h2-7,9-11H,8,12-13H2,1H3/b3-2+,9-5+. The van der Waals surface area contributed by atoms with E-state index in [-0.39, 0.29) is 0 Å². The molecule has 0 aliphatic rings. The van der Waals surface area contributed by atoms with E-state index < -0.39 is 0 Å². The second kappa shape index (κ2) is 8.89. The highest BCUT2D eigenvalue weighted by Gasteiger charge is 1.82. The fraction of sp³-hybridized carbons (Fsp3) is 0.286. The van der Waals surface area contributed by atoms with Crippen LogP contribution in [0.5, 0.6) is 0 Å². The molecule has 0 saturated carbocycles. The normalized spacial score (nSPS) is 11.6. The molecule has 0 fully saturated rings. The van der Waals surface area contributed by atoms with Crippen LogP contribution < -0.4 is 0 Å². The Kier molecular flexibility index (Phi) is 7.05. The summed E-state index contributed by atoms with van der Waals surface area (Å²) < 4.78 is 9.92. The third-order valence-corrected chi connectivity index (χ3v) is 1.97. The van der Waals surface area contributed by atoms with Gasteiger partial charge in [0.05, 0.1) is 6.61 Å². The molecule has 0 aliphatic carbocycles. The Morgan fingerprint density at radius 1 is 1.12 bits per heavy atom. The number of ether oxygens (including phenoxy) is 2. The maximum absolute atomic E-state index is 5.15. The number of benzene rings is 1. The summed E-state index contributed by atoms with van der Waals surface area (Å²) >= 11 is 0. The van der Waals surface area contributed by atoms with E-state index in [1.807, 2.05) is 30.4 Å². The van der Waals surface area contributed by atoms with Gasteiger partial charge in [0.25, 0.3) is 0 Å². The quantitative estimate of drug-likeness (QED) is 0.397. The summed E-state index contributed by atoms with van der Waals surface area (Å²) in [7, 11) is 1.62. The van der Waals surface area contributed by atoms with Gasteiger partial charge in [0, 0.05) is 7.11 Å². The minimum atomic E-state index is 0.369. The van der Waals surface area contributed by atoms with Gasteiger partial charge in [-0.1, -0.05) is 54.6 Å². The largest absolute Gasteiger partial charge is 0.359 e. The van der Waals surface area contributed by atoms with Crippen LogP contribution in [0.3, 0.4) is 0 Å². The van der Waals surface area contributed by atoms with E-state index in [1.165, 1.54) is 5.56 Å². The fourth-order valence-electron chi connectivity index (χ4n) is 1.20. The van der Waals surface area contributed by atoms with Crippen LogP contribution in [0.4, 0.5) is 0 Å². The molecule has 0 heterocycles. The zero-order chi connectivity index (χ0) is 11.5. The number of methoxy groups -OCH3 is 1. The third kappa shape index (κ3) is 6.17. The number of hydrogen-bond donors (Lipinski definition) is 0. The molecule has 0 spiro atoms. The number of hydrogen-bond acceptors (Lipinski definition) is 2. The Morgan fingerprint density at radius 2 is 1.94 bits per heavy atom. The van der Waals surface area contributed by atoms with Gasteiger partial charge in [0.1, 0.15) is 6.79 Å². The predicted molar refractivity (Wildman–Crippen MR) is 67.1 cm³/mol. The van der Waals surface area contributed by atoms with E-state index in [1.54, 1.807) is 7.11 Å². The SMILES string of the molecule is COCOCC/C=C/C=C/c1ccccc1. The summed E-state index contributed by atoms with van der Waals surface area (Å²) in [6.45, 7) is 1.07. The van der Waals surface area contributed by atoms with Crippen molar-refractivity contribution in [1.29, 1.82) is 0 Å². The van der Waals surface area contributed by atoms with Crippen LogP contribution in [0.25, 0.3) is 6.08 Å². The lowest BCUT2D eigenvalue weighted by molar-refractivity contribution is -0.0285. The van der Waals surface area contributed by atoms with Gasteiger partial charge in [-0.3, -0.25) is 0 Å². The van der Waals surface area contributed by atoms with E-state index in [9.17, 15) is 0 Å². The minimum absolute atomic E-state index is 0.369. The van der Waals surface area contributed by atoms with Crippen LogP contribution in [0.1, 0.15) is 12.0 Å². The lowest BCUT2D eigenvalue weighted by atomic mass is 10.2. The molecule has 0 saturated heterocycles. The highest BCUT2D eigenvalue weighted by molar-refractivity contribution is 5.50. The van der Waals surface area contributed by atoms with Gasteiger partial charge in [-0.05, 0) is 12.0 Å². The molecule has 1 aromatic carbocycles. The average molecular weight is 218 g/mol. The average Bonchev–Trinajstić information content (AvgIpc) is 2.34. The Balaban J connectivity index is 2.14. The van der Waals surface area contributed by atoms with Gasteiger partial charge in [0.2, 0.25) is 0 Å². The maximum atomic E-state index is 5.15. The van der Waals surface area contributed by atoms with Gasteiger partial charge in [0.15, 0.2) is 0 Å². The summed E-state index contributed by atoms with van der Waals surface area (Å²) in [5.41, 5.74) is 1.21. The first-order valence-corrected chi connectivity index (χ1v) is 5.38. The summed E-state index contributed by atoms with van der Waals surface area (Å²) in [5, 5.41) is 0. The van der Waals surface area contributed by atoms with Crippen LogP contribution in [0.2, 0.25) is 0 Å². The summed E-state index contributed by atoms with van der Waals surface area (Å²) in [6, 6.07) is 10.2. The minimum Gasteiger partial charge on any atom is -0.359 e. The predicted octanol–water partition coefficient (Wildman–Crippen LogP) is 3.27. The Bertz CT molecular complexity index is 315. The van der Waals surface area contributed by atoms with Crippen LogP contribution in [0.15, 0.2) is 48.6 Å². The molecule has 1 rings (SSSR count). The Labute approximate surface area is 97.2 Å². The molecule has 0 aromatic heterocycles. The van der Waals surface area contributed by atoms with Crippen LogP contribution in [-0.4, -0.2) is 20.5 Å². The van der Waals surface area contributed by atoms with Gasteiger partial charge in [-0.15, -0.1) is 0 Å².